The largest absolute Gasteiger partial charge is 0.497 e. The van der Waals surface area contributed by atoms with Gasteiger partial charge in [0.05, 0.1) is 18.5 Å². The highest BCUT2D eigenvalue weighted by Gasteiger charge is 2.32. The maximum absolute atomic E-state index is 13.1. The monoisotopic (exact) mass is 431 g/mol. The fourth-order valence-corrected chi connectivity index (χ4v) is 5.64. The predicted octanol–water partition coefficient (Wildman–Crippen LogP) is 2.78. The zero-order chi connectivity index (χ0) is 21.3. The Balaban J connectivity index is 1.57. The van der Waals surface area contributed by atoms with Crippen LogP contribution in [0.3, 0.4) is 0 Å². The maximum atomic E-state index is 13.1. The van der Waals surface area contributed by atoms with Crippen molar-refractivity contribution in [3.05, 3.63) is 41.5 Å². The lowest BCUT2D eigenvalue weighted by Gasteiger charge is -2.25. The summed E-state index contributed by atoms with van der Waals surface area (Å²) in [6.45, 7) is 4.83. The molecule has 0 amide bonds. The number of rotatable bonds is 6. The van der Waals surface area contributed by atoms with E-state index in [0.29, 0.717) is 36.2 Å². The number of hydrogen-bond acceptors (Lipinski definition) is 7. The third-order valence-electron chi connectivity index (χ3n) is 5.32. The zero-order valence-corrected chi connectivity index (χ0v) is 18.1. The van der Waals surface area contributed by atoms with Crippen molar-refractivity contribution < 1.29 is 17.7 Å². The number of nitrogens with zero attached hydrogens (tertiary/aromatic N) is 5. The molecular formula is C20H25N5O4S. The molecule has 30 heavy (non-hydrogen) atoms. The molecular weight excluding hydrogens is 406 g/mol. The van der Waals surface area contributed by atoms with E-state index in [2.05, 4.69) is 15.2 Å². The van der Waals surface area contributed by atoms with E-state index < -0.39 is 10.0 Å². The van der Waals surface area contributed by atoms with Gasteiger partial charge in [-0.1, -0.05) is 11.6 Å². The van der Waals surface area contributed by atoms with Crippen molar-refractivity contribution in [1.82, 2.24) is 24.2 Å². The van der Waals surface area contributed by atoms with Crippen LogP contribution in [0.4, 0.5) is 0 Å². The van der Waals surface area contributed by atoms with Crippen molar-refractivity contribution in [2.45, 2.75) is 44.6 Å². The fourth-order valence-electron chi connectivity index (χ4n) is 3.75. The van der Waals surface area contributed by atoms with Gasteiger partial charge in [0.2, 0.25) is 10.0 Å². The van der Waals surface area contributed by atoms with Crippen LogP contribution in [0.1, 0.15) is 36.5 Å². The number of benzene rings is 1. The van der Waals surface area contributed by atoms with Crippen LogP contribution in [0.25, 0.3) is 11.5 Å². The molecule has 0 radical (unpaired) electrons. The van der Waals surface area contributed by atoms with Crippen LogP contribution in [-0.2, 0) is 16.6 Å². The van der Waals surface area contributed by atoms with E-state index in [9.17, 15) is 8.42 Å². The van der Waals surface area contributed by atoms with Crippen molar-refractivity contribution in [3.63, 3.8) is 0 Å². The molecule has 2 aromatic heterocycles. The van der Waals surface area contributed by atoms with Gasteiger partial charge in [0.15, 0.2) is 5.82 Å². The summed E-state index contributed by atoms with van der Waals surface area (Å²) in [5.41, 5.74) is 1.84. The van der Waals surface area contributed by atoms with Gasteiger partial charge in [-0.2, -0.15) is 14.4 Å². The van der Waals surface area contributed by atoms with E-state index in [-0.39, 0.29) is 11.4 Å². The summed E-state index contributed by atoms with van der Waals surface area (Å²) in [6.07, 6.45) is 2.85. The minimum atomic E-state index is -3.57. The highest BCUT2D eigenvalue weighted by Crippen LogP contribution is 2.27. The Kier molecular flexibility index (Phi) is 5.61. The Morgan fingerprint density at radius 1 is 1.10 bits per heavy atom. The average molecular weight is 432 g/mol. The molecule has 1 fully saturated rings. The second-order valence-electron chi connectivity index (χ2n) is 7.37. The topological polar surface area (TPSA) is 103 Å². The first kappa shape index (κ1) is 20.5. The number of aromatic nitrogens is 4. The fraction of sp³-hybridized carbons (Fsp3) is 0.450. The van der Waals surface area contributed by atoms with Crippen LogP contribution >= 0.6 is 0 Å². The second-order valence-corrected chi connectivity index (χ2v) is 9.24. The Morgan fingerprint density at radius 3 is 2.47 bits per heavy atom. The molecule has 3 heterocycles. The highest BCUT2D eigenvalue weighted by atomic mass is 32.2. The molecule has 0 spiro atoms. The molecule has 0 bridgehead atoms. The third-order valence-corrected chi connectivity index (χ3v) is 7.48. The second kappa shape index (κ2) is 8.19. The van der Waals surface area contributed by atoms with Crippen molar-refractivity contribution >= 4 is 10.0 Å². The van der Waals surface area contributed by atoms with Gasteiger partial charge in [-0.3, -0.25) is 4.68 Å². The van der Waals surface area contributed by atoms with Crippen LogP contribution in [0, 0.1) is 13.8 Å². The maximum Gasteiger partial charge on any atom is 0.257 e. The molecule has 3 aromatic rings. The summed E-state index contributed by atoms with van der Waals surface area (Å²) in [5.74, 6) is 1.55. The number of sulfonamides is 1. The normalized spacial score (nSPS) is 15.4. The van der Waals surface area contributed by atoms with Crippen LogP contribution in [0.5, 0.6) is 5.75 Å². The molecule has 10 heteroatoms. The van der Waals surface area contributed by atoms with E-state index in [1.807, 2.05) is 24.3 Å². The Hall–Kier alpha value is -2.72. The molecule has 0 atom stereocenters. The SMILES string of the molecule is COc1ccc(-c2nc(Cn3nc(C)c(S(=O)(=O)N4CCCCC4)c3C)no2)cc1. The van der Waals surface area contributed by atoms with Crippen LogP contribution in [0.15, 0.2) is 33.7 Å². The molecule has 160 valence electrons. The van der Waals surface area contributed by atoms with Crippen LogP contribution in [-0.4, -0.2) is 52.8 Å². The van der Waals surface area contributed by atoms with E-state index in [4.69, 9.17) is 9.26 Å². The lowest BCUT2D eigenvalue weighted by molar-refractivity contribution is 0.346. The molecule has 9 nitrogen and oxygen atoms in total. The van der Waals surface area contributed by atoms with E-state index in [1.54, 1.807) is 29.9 Å². The predicted molar refractivity (Wildman–Crippen MR) is 110 cm³/mol. The van der Waals surface area contributed by atoms with Crippen LogP contribution < -0.4 is 4.74 Å². The molecule has 0 N–H and O–H groups in total. The van der Waals surface area contributed by atoms with Gasteiger partial charge in [-0.05, 0) is 51.0 Å². The van der Waals surface area contributed by atoms with Gasteiger partial charge in [0.1, 0.15) is 17.2 Å². The molecule has 0 unspecified atom stereocenters. The van der Waals surface area contributed by atoms with Gasteiger partial charge in [-0.15, -0.1) is 0 Å². The third kappa shape index (κ3) is 3.84. The van der Waals surface area contributed by atoms with E-state index in [0.717, 1.165) is 30.6 Å². The smallest absolute Gasteiger partial charge is 0.257 e. The van der Waals surface area contributed by atoms with Gasteiger partial charge in [-0.25, -0.2) is 8.42 Å². The lowest BCUT2D eigenvalue weighted by Crippen LogP contribution is -2.36. The summed E-state index contributed by atoms with van der Waals surface area (Å²) in [4.78, 5) is 4.70. The molecule has 1 aliphatic rings. The number of aryl methyl sites for hydroxylation is 1. The summed E-state index contributed by atoms with van der Waals surface area (Å²) < 4.78 is 40.0. The molecule has 1 aliphatic heterocycles. The standard InChI is InChI=1S/C20H25N5O4S/c1-14-19(30(26,27)24-11-5-4-6-12-24)15(2)25(22-14)13-18-21-20(29-23-18)16-7-9-17(28-3)10-8-16/h7-10H,4-6,11-13H2,1-3H3. The summed E-state index contributed by atoms with van der Waals surface area (Å²) in [5, 5.41) is 8.47. The Labute approximate surface area is 175 Å². The van der Waals surface area contributed by atoms with Gasteiger partial charge >= 0.3 is 0 Å². The van der Waals surface area contributed by atoms with Crippen molar-refractivity contribution in [1.29, 1.82) is 0 Å². The minimum Gasteiger partial charge on any atom is -0.497 e. The van der Waals surface area contributed by atoms with Crippen molar-refractivity contribution in [2.24, 2.45) is 0 Å². The van der Waals surface area contributed by atoms with Gasteiger partial charge < -0.3 is 9.26 Å². The lowest BCUT2D eigenvalue weighted by atomic mass is 10.2. The minimum absolute atomic E-state index is 0.224. The van der Waals surface area contributed by atoms with E-state index in [1.165, 1.54) is 0 Å². The van der Waals surface area contributed by atoms with E-state index >= 15 is 0 Å². The highest BCUT2D eigenvalue weighted by molar-refractivity contribution is 7.89. The summed E-state index contributed by atoms with van der Waals surface area (Å²) in [6, 6.07) is 7.31. The Morgan fingerprint density at radius 2 is 1.80 bits per heavy atom. The van der Waals surface area contributed by atoms with Crippen molar-refractivity contribution in [2.75, 3.05) is 20.2 Å². The first-order valence-electron chi connectivity index (χ1n) is 9.91. The first-order valence-corrected chi connectivity index (χ1v) is 11.4. The molecule has 0 aliphatic carbocycles. The average Bonchev–Trinajstić information content (AvgIpc) is 3.33. The molecule has 1 saturated heterocycles. The molecule has 1 aromatic carbocycles. The van der Waals surface area contributed by atoms with Crippen molar-refractivity contribution in [3.8, 4) is 17.2 Å². The Bertz CT molecular complexity index is 1130. The number of hydrogen-bond donors (Lipinski definition) is 0. The summed E-state index contributed by atoms with van der Waals surface area (Å²) >= 11 is 0. The number of piperidine rings is 1. The quantitative estimate of drug-likeness (QED) is 0.591. The van der Waals surface area contributed by atoms with Crippen LogP contribution in [0.2, 0.25) is 0 Å². The number of ether oxygens (including phenoxy) is 1. The number of methoxy groups -OCH3 is 1. The summed E-state index contributed by atoms with van der Waals surface area (Å²) in [7, 11) is -1.96. The zero-order valence-electron chi connectivity index (χ0n) is 17.3. The van der Waals surface area contributed by atoms with Gasteiger partial charge in [0.25, 0.3) is 5.89 Å². The van der Waals surface area contributed by atoms with Gasteiger partial charge in [0, 0.05) is 18.7 Å². The first-order chi connectivity index (χ1) is 14.4. The molecule has 0 saturated carbocycles. The molecule has 4 rings (SSSR count).